The van der Waals surface area contributed by atoms with Gasteiger partial charge in [-0.15, -0.1) is 0 Å². The zero-order valence-corrected chi connectivity index (χ0v) is 11.1. The highest BCUT2D eigenvalue weighted by atomic mass is 16.2. The number of hydrogen-bond donors (Lipinski definition) is 2. The Balaban J connectivity index is 1.61. The van der Waals surface area contributed by atoms with Crippen LogP contribution in [0.25, 0.3) is 0 Å². The van der Waals surface area contributed by atoms with Crippen molar-refractivity contribution in [2.75, 3.05) is 19.6 Å². The van der Waals surface area contributed by atoms with Crippen molar-refractivity contribution in [3.8, 4) is 0 Å². The van der Waals surface area contributed by atoms with Crippen LogP contribution in [-0.2, 0) is 6.54 Å². The number of nitrogens with two attached hydrogens (primary N) is 1. The van der Waals surface area contributed by atoms with Crippen LogP contribution in [0, 0.1) is 0 Å². The lowest BCUT2D eigenvalue weighted by Crippen LogP contribution is -2.42. The van der Waals surface area contributed by atoms with E-state index in [0.717, 1.165) is 13.0 Å². The molecule has 0 spiro atoms. The van der Waals surface area contributed by atoms with Gasteiger partial charge in [-0.3, -0.25) is 9.69 Å². The quantitative estimate of drug-likeness (QED) is 0.789. The predicted molar refractivity (Wildman–Crippen MR) is 71.7 cm³/mol. The molecule has 2 fully saturated rings. The maximum atomic E-state index is 12.2. The molecule has 6 heteroatoms. The summed E-state index contributed by atoms with van der Waals surface area (Å²) in [5.74, 6) is -0.0606. The van der Waals surface area contributed by atoms with Crippen molar-refractivity contribution in [1.29, 1.82) is 0 Å². The standard InChI is InChI=1S/C13H21N5O/c14-4-7-17-8-11(15-9-17)13(19)16-10-3-6-18-5-1-2-12(10)18/h8-10,12H,1-7,14H2,(H,16,19). The number of imidazole rings is 1. The minimum atomic E-state index is -0.0606. The molecule has 3 N–H and O–H groups in total. The molecule has 0 aromatic carbocycles. The number of nitrogens with zero attached hydrogens (tertiary/aromatic N) is 3. The van der Waals surface area contributed by atoms with Crippen molar-refractivity contribution in [1.82, 2.24) is 19.8 Å². The molecule has 0 saturated carbocycles. The number of amides is 1. The summed E-state index contributed by atoms with van der Waals surface area (Å²) in [6.45, 7) is 3.54. The largest absolute Gasteiger partial charge is 0.346 e. The fourth-order valence-electron chi connectivity index (χ4n) is 3.24. The van der Waals surface area contributed by atoms with E-state index in [1.807, 2.05) is 4.57 Å². The molecule has 6 nitrogen and oxygen atoms in total. The van der Waals surface area contributed by atoms with Gasteiger partial charge in [0, 0.05) is 37.9 Å². The van der Waals surface area contributed by atoms with E-state index >= 15 is 0 Å². The SMILES string of the molecule is NCCn1cnc(C(=O)NC2CCN3CCCC23)c1. The summed E-state index contributed by atoms with van der Waals surface area (Å²) in [5.41, 5.74) is 5.97. The Labute approximate surface area is 113 Å². The molecular weight excluding hydrogens is 242 g/mol. The van der Waals surface area contributed by atoms with Gasteiger partial charge in [0.15, 0.2) is 0 Å². The molecule has 2 atom stereocenters. The Morgan fingerprint density at radius 2 is 2.37 bits per heavy atom. The third-order valence-corrected chi connectivity index (χ3v) is 4.18. The molecule has 3 heterocycles. The summed E-state index contributed by atoms with van der Waals surface area (Å²) < 4.78 is 1.85. The number of fused-ring (bicyclic) bond motifs is 1. The average Bonchev–Trinajstić information content (AvgIpc) is 3.07. The van der Waals surface area contributed by atoms with Crippen LogP contribution in [0.3, 0.4) is 0 Å². The number of hydrogen-bond acceptors (Lipinski definition) is 4. The Morgan fingerprint density at radius 3 is 3.21 bits per heavy atom. The first-order valence-electron chi connectivity index (χ1n) is 7.04. The van der Waals surface area contributed by atoms with Gasteiger partial charge in [0.1, 0.15) is 5.69 Å². The van der Waals surface area contributed by atoms with Crippen molar-refractivity contribution in [2.24, 2.45) is 5.73 Å². The first-order valence-corrected chi connectivity index (χ1v) is 7.04. The summed E-state index contributed by atoms with van der Waals surface area (Å²) in [7, 11) is 0. The Bertz CT molecular complexity index is 458. The highest BCUT2D eigenvalue weighted by molar-refractivity contribution is 5.92. The van der Waals surface area contributed by atoms with E-state index in [4.69, 9.17) is 5.73 Å². The number of aromatic nitrogens is 2. The van der Waals surface area contributed by atoms with Crippen LogP contribution in [0.2, 0.25) is 0 Å². The first-order chi connectivity index (χ1) is 9.28. The van der Waals surface area contributed by atoms with E-state index in [1.165, 1.54) is 19.4 Å². The summed E-state index contributed by atoms with van der Waals surface area (Å²) in [6, 6.07) is 0.824. The second-order valence-corrected chi connectivity index (χ2v) is 5.40. The lowest BCUT2D eigenvalue weighted by Gasteiger charge is -2.20. The maximum absolute atomic E-state index is 12.2. The highest BCUT2D eigenvalue weighted by Crippen LogP contribution is 2.27. The number of nitrogens with one attached hydrogen (secondary N) is 1. The second kappa shape index (κ2) is 5.30. The smallest absolute Gasteiger partial charge is 0.271 e. The third kappa shape index (κ3) is 2.50. The topological polar surface area (TPSA) is 76.2 Å². The van der Waals surface area contributed by atoms with Crippen LogP contribution in [0.4, 0.5) is 0 Å². The molecule has 2 unspecified atom stereocenters. The van der Waals surface area contributed by atoms with Crippen LogP contribution in [-0.4, -0.2) is 52.1 Å². The number of carbonyl (C=O) groups excluding carboxylic acids is 1. The fourth-order valence-corrected chi connectivity index (χ4v) is 3.24. The van der Waals surface area contributed by atoms with Gasteiger partial charge in [0.2, 0.25) is 0 Å². The highest BCUT2D eigenvalue weighted by Gasteiger charge is 2.37. The number of rotatable bonds is 4. The van der Waals surface area contributed by atoms with Crippen LogP contribution in [0.15, 0.2) is 12.5 Å². The minimum absolute atomic E-state index is 0.0606. The molecular formula is C13H21N5O. The molecule has 0 radical (unpaired) electrons. The van der Waals surface area contributed by atoms with Crippen molar-refractivity contribution in [2.45, 2.75) is 37.9 Å². The van der Waals surface area contributed by atoms with Crippen molar-refractivity contribution in [3.05, 3.63) is 18.2 Å². The van der Waals surface area contributed by atoms with E-state index in [9.17, 15) is 4.79 Å². The zero-order chi connectivity index (χ0) is 13.2. The molecule has 104 valence electrons. The summed E-state index contributed by atoms with van der Waals surface area (Å²) in [4.78, 5) is 18.8. The lowest BCUT2D eigenvalue weighted by atomic mass is 10.1. The van der Waals surface area contributed by atoms with Crippen LogP contribution < -0.4 is 11.1 Å². The third-order valence-electron chi connectivity index (χ3n) is 4.18. The Morgan fingerprint density at radius 1 is 1.47 bits per heavy atom. The Kier molecular flexibility index (Phi) is 3.52. The van der Waals surface area contributed by atoms with Gasteiger partial charge in [0.25, 0.3) is 5.91 Å². The van der Waals surface area contributed by atoms with Crippen molar-refractivity contribution >= 4 is 5.91 Å². The molecule has 2 aliphatic heterocycles. The van der Waals surface area contributed by atoms with Gasteiger partial charge in [0.05, 0.1) is 6.33 Å². The van der Waals surface area contributed by atoms with E-state index in [0.29, 0.717) is 24.8 Å². The van der Waals surface area contributed by atoms with Crippen LogP contribution in [0.1, 0.15) is 29.8 Å². The van der Waals surface area contributed by atoms with Crippen LogP contribution >= 0.6 is 0 Å². The van der Waals surface area contributed by atoms with Gasteiger partial charge >= 0.3 is 0 Å². The van der Waals surface area contributed by atoms with Gasteiger partial charge in [-0.25, -0.2) is 4.98 Å². The summed E-state index contributed by atoms with van der Waals surface area (Å²) >= 11 is 0. The van der Waals surface area contributed by atoms with E-state index in [2.05, 4.69) is 15.2 Å². The lowest BCUT2D eigenvalue weighted by molar-refractivity contribution is 0.0925. The van der Waals surface area contributed by atoms with Crippen molar-refractivity contribution in [3.63, 3.8) is 0 Å². The van der Waals surface area contributed by atoms with Gasteiger partial charge < -0.3 is 15.6 Å². The van der Waals surface area contributed by atoms with Gasteiger partial charge in [-0.2, -0.15) is 0 Å². The minimum Gasteiger partial charge on any atom is -0.346 e. The molecule has 2 aliphatic rings. The molecule has 2 saturated heterocycles. The number of carbonyl (C=O) groups is 1. The predicted octanol–water partition coefficient (Wildman–Crippen LogP) is -0.192. The molecule has 0 bridgehead atoms. The average molecular weight is 263 g/mol. The normalized spacial score (nSPS) is 26.6. The molecule has 3 rings (SSSR count). The van der Waals surface area contributed by atoms with Gasteiger partial charge in [-0.1, -0.05) is 0 Å². The first kappa shape index (κ1) is 12.6. The van der Waals surface area contributed by atoms with E-state index < -0.39 is 0 Å². The molecule has 1 aromatic heterocycles. The monoisotopic (exact) mass is 263 g/mol. The second-order valence-electron chi connectivity index (χ2n) is 5.40. The fraction of sp³-hybridized carbons (Fsp3) is 0.692. The zero-order valence-electron chi connectivity index (χ0n) is 11.1. The Hall–Kier alpha value is -1.40. The molecule has 1 aromatic rings. The molecule has 0 aliphatic carbocycles. The summed E-state index contributed by atoms with van der Waals surface area (Å²) in [5, 5.41) is 3.13. The van der Waals surface area contributed by atoms with E-state index in [1.54, 1.807) is 12.5 Å². The molecule has 1 amide bonds. The molecule has 19 heavy (non-hydrogen) atoms. The summed E-state index contributed by atoms with van der Waals surface area (Å²) in [6.07, 6.45) is 6.94. The van der Waals surface area contributed by atoms with Gasteiger partial charge in [-0.05, 0) is 25.8 Å². The van der Waals surface area contributed by atoms with Crippen molar-refractivity contribution < 1.29 is 4.79 Å². The maximum Gasteiger partial charge on any atom is 0.271 e. The van der Waals surface area contributed by atoms with E-state index in [-0.39, 0.29) is 11.9 Å². The van der Waals surface area contributed by atoms with Crippen LogP contribution in [0.5, 0.6) is 0 Å².